The van der Waals surface area contributed by atoms with Crippen LogP contribution in [0.2, 0.25) is 5.02 Å². The van der Waals surface area contributed by atoms with E-state index < -0.39 is 21.8 Å². The zero-order valence-electron chi connectivity index (χ0n) is 14.8. The molecule has 0 saturated carbocycles. The van der Waals surface area contributed by atoms with Crippen molar-refractivity contribution in [3.63, 3.8) is 0 Å². The first kappa shape index (κ1) is 20.1. The Bertz CT molecular complexity index is 818. The Kier molecular flexibility index (Phi) is 6.36. The van der Waals surface area contributed by atoms with Gasteiger partial charge >= 0.3 is 11.8 Å². The number of nitrogens with one attached hydrogen (secondary N) is 1. The molecular formula is C17H22ClN3O5S. The summed E-state index contributed by atoms with van der Waals surface area (Å²) in [7, 11) is -3.73. The van der Waals surface area contributed by atoms with Gasteiger partial charge in [0.05, 0.1) is 28.8 Å². The number of carbonyl (C=O) groups excluding carboxylic acids is 2. The predicted octanol–water partition coefficient (Wildman–Crippen LogP) is 1.31. The molecular weight excluding hydrogens is 394 g/mol. The molecule has 0 unspecified atom stereocenters. The number of hydrogen-bond donors (Lipinski definition) is 1. The highest BCUT2D eigenvalue weighted by Gasteiger charge is 2.28. The topological polar surface area (TPSA) is 96.0 Å². The molecule has 2 aliphatic heterocycles. The lowest BCUT2D eigenvalue weighted by Gasteiger charge is -2.27. The van der Waals surface area contributed by atoms with E-state index in [0.29, 0.717) is 26.3 Å². The smallest absolute Gasteiger partial charge is 0.313 e. The van der Waals surface area contributed by atoms with Crippen LogP contribution in [0.25, 0.3) is 0 Å². The number of rotatable bonds is 3. The van der Waals surface area contributed by atoms with Crippen LogP contribution in [-0.4, -0.2) is 68.8 Å². The van der Waals surface area contributed by atoms with Gasteiger partial charge in [0, 0.05) is 26.2 Å². The van der Waals surface area contributed by atoms with Gasteiger partial charge in [-0.15, -0.1) is 0 Å². The van der Waals surface area contributed by atoms with Gasteiger partial charge in [-0.05, 0) is 37.5 Å². The van der Waals surface area contributed by atoms with Gasteiger partial charge in [-0.25, -0.2) is 8.42 Å². The summed E-state index contributed by atoms with van der Waals surface area (Å²) in [5.41, 5.74) is 0.0985. The molecule has 148 valence electrons. The molecule has 3 rings (SSSR count). The highest BCUT2D eigenvalue weighted by molar-refractivity contribution is 7.89. The summed E-state index contributed by atoms with van der Waals surface area (Å²) in [6.07, 6.45) is 2.78. The van der Waals surface area contributed by atoms with Crippen molar-refractivity contribution in [3.8, 4) is 0 Å². The minimum Gasteiger partial charge on any atom is -0.379 e. The largest absolute Gasteiger partial charge is 0.379 e. The van der Waals surface area contributed by atoms with E-state index in [1.807, 2.05) is 0 Å². The van der Waals surface area contributed by atoms with Gasteiger partial charge in [0.25, 0.3) is 0 Å². The molecule has 1 aromatic rings. The van der Waals surface area contributed by atoms with Crippen LogP contribution in [-0.2, 0) is 24.3 Å². The number of amides is 2. The summed E-state index contributed by atoms with van der Waals surface area (Å²) in [5, 5.41) is 2.62. The van der Waals surface area contributed by atoms with Crippen LogP contribution < -0.4 is 5.32 Å². The van der Waals surface area contributed by atoms with Crippen molar-refractivity contribution in [2.45, 2.75) is 24.2 Å². The number of piperidine rings is 1. The lowest BCUT2D eigenvalue weighted by Crippen LogP contribution is -2.42. The monoisotopic (exact) mass is 415 g/mol. The SMILES string of the molecule is O=C(Nc1cc(S(=O)(=O)N2CCOCC2)ccc1Cl)C(=O)N1CCCCC1. The number of nitrogens with zero attached hydrogens (tertiary/aromatic N) is 2. The first-order valence-electron chi connectivity index (χ1n) is 8.87. The number of halogens is 1. The average Bonchev–Trinajstić information content (AvgIpc) is 2.70. The summed E-state index contributed by atoms with van der Waals surface area (Å²) < 4.78 is 32.0. The Morgan fingerprint density at radius 2 is 1.70 bits per heavy atom. The fourth-order valence-electron chi connectivity index (χ4n) is 3.11. The van der Waals surface area contributed by atoms with Crippen molar-refractivity contribution in [1.29, 1.82) is 0 Å². The van der Waals surface area contributed by atoms with Crippen LogP contribution >= 0.6 is 11.6 Å². The van der Waals surface area contributed by atoms with E-state index >= 15 is 0 Å². The third-order valence-corrected chi connectivity index (χ3v) is 6.86. The Morgan fingerprint density at radius 1 is 1.04 bits per heavy atom. The molecule has 2 aliphatic rings. The van der Waals surface area contributed by atoms with Crippen LogP contribution in [0.5, 0.6) is 0 Å². The number of benzene rings is 1. The van der Waals surface area contributed by atoms with Crippen molar-refractivity contribution in [3.05, 3.63) is 23.2 Å². The van der Waals surface area contributed by atoms with Gasteiger partial charge in [0.15, 0.2) is 0 Å². The van der Waals surface area contributed by atoms with E-state index in [-0.39, 0.29) is 28.7 Å². The van der Waals surface area contributed by atoms with Crippen molar-refractivity contribution >= 4 is 39.1 Å². The summed E-state index contributed by atoms with van der Waals surface area (Å²) in [4.78, 5) is 26.1. The van der Waals surface area contributed by atoms with Crippen LogP contribution in [0.15, 0.2) is 23.1 Å². The van der Waals surface area contributed by atoms with Crippen LogP contribution in [0.4, 0.5) is 5.69 Å². The second-order valence-corrected chi connectivity index (χ2v) is 8.81. The molecule has 0 aliphatic carbocycles. The zero-order valence-corrected chi connectivity index (χ0v) is 16.4. The first-order valence-corrected chi connectivity index (χ1v) is 10.7. The normalized spacial score (nSPS) is 18.9. The van der Waals surface area contributed by atoms with Crippen molar-refractivity contribution < 1.29 is 22.7 Å². The lowest BCUT2D eigenvalue weighted by atomic mass is 10.1. The fourth-order valence-corrected chi connectivity index (χ4v) is 4.71. The highest BCUT2D eigenvalue weighted by Crippen LogP contribution is 2.27. The Labute approximate surface area is 163 Å². The number of likely N-dealkylation sites (tertiary alicyclic amines) is 1. The van der Waals surface area contributed by atoms with Crippen molar-refractivity contribution in [2.24, 2.45) is 0 Å². The minimum atomic E-state index is -3.73. The van der Waals surface area contributed by atoms with Crippen molar-refractivity contribution in [2.75, 3.05) is 44.7 Å². The van der Waals surface area contributed by atoms with Gasteiger partial charge in [0.1, 0.15) is 0 Å². The molecule has 0 spiro atoms. The number of carbonyl (C=O) groups is 2. The molecule has 2 amide bonds. The van der Waals surface area contributed by atoms with Gasteiger partial charge in [-0.3, -0.25) is 9.59 Å². The second kappa shape index (κ2) is 8.55. The molecule has 2 heterocycles. The standard InChI is InChI=1S/C17H22ClN3O5S/c18-14-5-4-13(27(24,25)21-8-10-26-11-9-21)12-15(14)19-16(22)17(23)20-6-2-1-3-7-20/h4-5,12H,1-3,6-11H2,(H,19,22). The van der Waals surface area contributed by atoms with Crippen molar-refractivity contribution in [1.82, 2.24) is 9.21 Å². The average molecular weight is 416 g/mol. The molecule has 1 N–H and O–H groups in total. The van der Waals surface area contributed by atoms with E-state index in [1.54, 1.807) is 0 Å². The summed E-state index contributed by atoms with van der Waals surface area (Å²) in [6, 6.07) is 4.07. The number of anilines is 1. The number of morpholine rings is 1. The maximum absolute atomic E-state index is 12.8. The zero-order chi connectivity index (χ0) is 19.4. The first-order chi connectivity index (χ1) is 12.9. The van der Waals surface area contributed by atoms with Gasteiger partial charge in [0.2, 0.25) is 10.0 Å². The highest BCUT2D eigenvalue weighted by atomic mass is 35.5. The number of hydrogen-bond acceptors (Lipinski definition) is 5. The molecule has 27 heavy (non-hydrogen) atoms. The minimum absolute atomic E-state index is 0.00882. The molecule has 8 nitrogen and oxygen atoms in total. The Balaban J connectivity index is 1.76. The fraction of sp³-hybridized carbons (Fsp3) is 0.529. The quantitative estimate of drug-likeness (QED) is 0.751. The van der Waals surface area contributed by atoms with E-state index in [9.17, 15) is 18.0 Å². The second-order valence-electron chi connectivity index (χ2n) is 6.47. The Hall–Kier alpha value is -1.68. The Morgan fingerprint density at radius 3 is 2.37 bits per heavy atom. The van der Waals surface area contributed by atoms with E-state index in [0.717, 1.165) is 19.3 Å². The van der Waals surface area contributed by atoms with Gasteiger partial charge < -0.3 is 15.0 Å². The third-order valence-electron chi connectivity index (χ3n) is 4.63. The van der Waals surface area contributed by atoms with Crippen LogP contribution in [0.1, 0.15) is 19.3 Å². The summed E-state index contributed by atoms with van der Waals surface area (Å²) in [5.74, 6) is -1.45. The van der Waals surface area contributed by atoms with Crippen LogP contribution in [0.3, 0.4) is 0 Å². The molecule has 2 saturated heterocycles. The lowest BCUT2D eigenvalue weighted by molar-refractivity contribution is -0.143. The summed E-state index contributed by atoms with van der Waals surface area (Å²) in [6.45, 7) is 2.29. The summed E-state index contributed by atoms with van der Waals surface area (Å²) >= 11 is 6.10. The molecule has 0 aromatic heterocycles. The van der Waals surface area contributed by atoms with Gasteiger partial charge in [-0.1, -0.05) is 11.6 Å². The van der Waals surface area contributed by atoms with E-state index in [1.165, 1.54) is 27.4 Å². The molecule has 0 bridgehead atoms. The molecule has 0 atom stereocenters. The maximum atomic E-state index is 12.8. The predicted molar refractivity (Wildman–Crippen MR) is 100 cm³/mol. The van der Waals surface area contributed by atoms with Gasteiger partial charge in [-0.2, -0.15) is 4.31 Å². The maximum Gasteiger partial charge on any atom is 0.313 e. The molecule has 10 heteroatoms. The third kappa shape index (κ3) is 4.60. The molecule has 1 aromatic carbocycles. The van der Waals surface area contributed by atoms with E-state index in [4.69, 9.17) is 16.3 Å². The number of sulfonamides is 1. The number of ether oxygens (including phenoxy) is 1. The molecule has 0 radical (unpaired) electrons. The van der Waals surface area contributed by atoms with Crippen LogP contribution in [0, 0.1) is 0 Å². The van der Waals surface area contributed by atoms with E-state index in [2.05, 4.69) is 5.32 Å². The molecule has 2 fully saturated rings.